The van der Waals surface area contributed by atoms with Crippen molar-refractivity contribution in [2.75, 3.05) is 18.5 Å². The number of hydrogen-bond acceptors (Lipinski definition) is 7. The van der Waals surface area contributed by atoms with Gasteiger partial charge in [0.05, 0.1) is 18.9 Å². The molecule has 8 heteroatoms. The maximum Gasteiger partial charge on any atom is 0.348 e. The zero-order valence-corrected chi connectivity index (χ0v) is 21.4. The van der Waals surface area contributed by atoms with Crippen molar-refractivity contribution in [3.63, 3.8) is 0 Å². The Balaban J connectivity index is 2.65. The number of benzene rings is 1. The Morgan fingerprint density at radius 2 is 1.67 bits per heavy atom. The normalized spacial score (nSPS) is 20.3. The standard InChI is InChI=1S/C22H36NO5PS/c1-10-26-29(25,27-11-2)19(14(3)24)22(30)23-17-13-15(20(4,5)6)12-16(18(17)28-22)21(7,8)9/h12-13,19,23,30H,10-11H2,1-9H3. The van der Waals surface area contributed by atoms with Gasteiger partial charge in [-0.2, -0.15) is 0 Å². The average Bonchev–Trinajstić information content (AvgIpc) is 2.87. The van der Waals surface area contributed by atoms with E-state index in [1.807, 2.05) is 6.07 Å². The Morgan fingerprint density at radius 3 is 2.07 bits per heavy atom. The fourth-order valence-corrected chi connectivity index (χ4v) is 6.48. The van der Waals surface area contributed by atoms with E-state index in [2.05, 4.69) is 52.9 Å². The quantitative estimate of drug-likeness (QED) is 0.393. The molecule has 1 heterocycles. The predicted molar refractivity (Wildman–Crippen MR) is 125 cm³/mol. The molecule has 30 heavy (non-hydrogen) atoms. The summed E-state index contributed by atoms with van der Waals surface area (Å²) in [7, 11) is -3.84. The minimum atomic E-state index is -3.84. The Hall–Kier alpha value is -1.01. The van der Waals surface area contributed by atoms with E-state index in [9.17, 15) is 9.36 Å². The number of anilines is 1. The molecule has 0 spiro atoms. The number of ether oxygens (including phenoxy) is 1. The monoisotopic (exact) mass is 457 g/mol. The van der Waals surface area contributed by atoms with Crippen molar-refractivity contribution in [2.45, 2.75) is 83.9 Å². The van der Waals surface area contributed by atoms with E-state index in [-0.39, 0.29) is 29.8 Å². The molecule has 2 unspecified atom stereocenters. The van der Waals surface area contributed by atoms with Crippen LogP contribution in [0.15, 0.2) is 12.1 Å². The van der Waals surface area contributed by atoms with E-state index in [1.165, 1.54) is 6.92 Å². The van der Waals surface area contributed by atoms with Gasteiger partial charge in [0, 0.05) is 5.56 Å². The highest BCUT2D eigenvalue weighted by Crippen LogP contribution is 2.61. The third-order valence-corrected chi connectivity index (χ3v) is 8.29. The molecule has 1 aromatic carbocycles. The number of ketones is 1. The van der Waals surface area contributed by atoms with Crippen molar-refractivity contribution in [1.29, 1.82) is 0 Å². The van der Waals surface area contributed by atoms with Gasteiger partial charge >= 0.3 is 7.60 Å². The second-order valence-corrected chi connectivity index (χ2v) is 12.5. The molecular weight excluding hydrogens is 421 g/mol. The second-order valence-electron chi connectivity index (χ2n) is 9.71. The molecule has 2 rings (SSSR count). The largest absolute Gasteiger partial charge is 0.455 e. The molecule has 170 valence electrons. The van der Waals surface area contributed by atoms with Crippen molar-refractivity contribution in [3.8, 4) is 5.75 Å². The van der Waals surface area contributed by atoms with E-state index in [1.54, 1.807) is 13.8 Å². The van der Waals surface area contributed by atoms with Crippen LogP contribution in [0.1, 0.15) is 73.4 Å². The zero-order valence-electron chi connectivity index (χ0n) is 19.6. The van der Waals surface area contributed by atoms with Crippen LogP contribution >= 0.6 is 20.2 Å². The van der Waals surface area contributed by atoms with Crippen LogP contribution in [-0.4, -0.2) is 29.7 Å². The van der Waals surface area contributed by atoms with Crippen LogP contribution in [0.4, 0.5) is 5.69 Å². The lowest BCUT2D eigenvalue weighted by atomic mass is 9.80. The third-order valence-electron chi connectivity index (χ3n) is 5.02. The summed E-state index contributed by atoms with van der Waals surface area (Å²) < 4.78 is 30.8. The number of fused-ring (bicyclic) bond motifs is 1. The van der Waals surface area contributed by atoms with E-state index in [0.29, 0.717) is 11.4 Å². The lowest BCUT2D eigenvalue weighted by Gasteiger charge is -2.35. The highest BCUT2D eigenvalue weighted by atomic mass is 32.1. The van der Waals surface area contributed by atoms with Crippen LogP contribution in [-0.2, 0) is 29.2 Å². The minimum Gasteiger partial charge on any atom is -0.455 e. The number of Topliss-reactive ketones (excluding diaryl/α,β-unsaturated/α-hetero) is 1. The zero-order chi connectivity index (χ0) is 23.1. The molecule has 0 saturated heterocycles. The molecule has 1 aliphatic rings. The molecule has 2 atom stereocenters. The molecule has 0 aliphatic carbocycles. The molecule has 0 radical (unpaired) electrons. The van der Waals surface area contributed by atoms with E-state index in [0.717, 1.165) is 11.1 Å². The number of hydrogen-bond donors (Lipinski definition) is 2. The maximum atomic E-state index is 13.6. The Bertz CT molecular complexity index is 848. The van der Waals surface area contributed by atoms with Gasteiger partial charge < -0.3 is 19.1 Å². The Labute approximate surface area is 186 Å². The Morgan fingerprint density at radius 1 is 1.13 bits per heavy atom. The third kappa shape index (κ3) is 4.90. The van der Waals surface area contributed by atoms with Gasteiger partial charge in [0.1, 0.15) is 0 Å². The molecule has 1 aliphatic heterocycles. The lowest BCUT2D eigenvalue weighted by Crippen LogP contribution is -2.50. The summed E-state index contributed by atoms with van der Waals surface area (Å²) in [4.78, 5) is 12.7. The summed E-state index contributed by atoms with van der Waals surface area (Å²) in [6.45, 7) is 17.8. The first-order valence-electron chi connectivity index (χ1n) is 10.4. The van der Waals surface area contributed by atoms with Gasteiger partial charge in [0.25, 0.3) is 0 Å². The summed E-state index contributed by atoms with van der Waals surface area (Å²) in [6, 6.07) is 4.14. The number of thiol groups is 1. The van der Waals surface area contributed by atoms with Crippen LogP contribution in [0.5, 0.6) is 5.75 Å². The van der Waals surface area contributed by atoms with E-state index >= 15 is 0 Å². The van der Waals surface area contributed by atoms with Gasteiger partial charge in [-0.15, -0.1) is 12.6 Å². The van der Waals surface area contributed by atoms with Gasteiger partial charge in [-0.05, 0) is 43.2 Å². The molecular formula is C22H36NO5PS. The molecule has 1 aromatic rings. The number of carbonyl (C=O) groups is 1. The summed E-state index contributed by atoms with van der Waals surface area (Å²) in [5, 5.41) is 1.66. The fourth-order valence-electron chi connectivity index (χ4n) is 3.58. The van der Waals surface area contributed by atoms with Gasteiger partial charge in [-0.3, -0.25) is 9.36 Å². The molecule has 6 nitrogen and oxygen atoms in total. The predicted octanol–water partition coefficient (Wildman–Crippen LogP) is 5.89. The average molecular weight is 458 g/mol. The highest BCUT2D eigenvalue weighted by molar-refractivity contribution is 7.82. The van der Waals surface area contributed by atoms with Crippen LogP contribution in [0.3, 0.4) is 0 Å². The van der Waals surface area contributed by atoms with Crippen molar-refractivity contribution in [3.05, 3.63) is 23.3 Å². The number of carbonyl (C=O) groups excluding carboxylic acids is 1. The van der Waals surface area contributed by atoms with Crippen LogP contribution in [0.25, 0.3) is 0 Å². The molecule has 0 saturated carbocycles. The summed E-state index contributed by atoms with van der Waals surface area (Å²) in [6.07, 6.45) is 0. The second kappa shape index (κ2) is 8.50. The summed E-state index contributed by atoms with van der Waals surface area (Å²) in [5.74, 6) is 0.222. The van der Waals surface area contributed by atoms with Crippen molar-refractivity contribution < 1.29 is 23.1 Å². The van der Waals surface area contributed by atoms with Crippen molar-refractivity contribution in [2.24, 2.45) is 0 Å². The molecule has 0 amide bonds. The molecule has 1 N–H and O–H groups in total. The van der Waals surface area contributed by atoms with Gasteiger partial charge in [0.2, 0.25) is 5.06 Å². The fraction of sp³-hybridized carbons (Fsp3) is 0.682. The topological polar surface area (TPSA) is 73.9 Å². The Kier molecular flexibility index (Phi) is 7.15. The first-order valence-corrected chi connectivity index (χ1v) is 12.4. The van der Waals surface area contributed by atoms with Crippen LogP contribution in [0, 0.1) is 0 Å². The van der Waals surface area contributed by atoms with Crippen LogP contribution < -0.4 is 10.1 Å². The molecule has 0 fully saturated rings. The first-order chi connectivity index (χ1) is 13.6. The van der Waals surface area contributed by atoms with Gasteiger partial charge in [-0.25, -0.2) is 0 Å². The SMILES string of the molecule is CCOP(=O)(OCC)C(C(C)=O)C1(S)Nc2cc(C(C)(C)C)cc(C(C)(C)C)c2O1. The first kappa shape index (κ1) is 25.3. The van der Waals surface area contributed by atoms with Gasteiger partial charge in [-0.1, -0.05) is 47.6 Å². The summed E-state index contributed by atoms with van der Waals surface area (Å²) in [5.41, 5.74) is 1.27. The highest BCUT2D eigenvalue weighted by Gasteiger charge is 2.57. The summed E-state index contributed by atoms with van der Waals surface area (Å²) >= 11 is 4.70. The van der Waals surface area contributed by atoms with Crippen molar-refractivity contribution in [1.82, 2.24) is 0 Å². The molecule has 0 aromatic heterocycles. The van der Waals surface area contributed by atoms with Crippen molar-refractivity contribution >= 4 is 31.7 Å². The number of rotatable bonds is 7. The van der Waals surface area contributed by atoms with E-state index < -0.39 is 18.3 Å². The molecule has 0 bridgehead atoms. The van der Waals surface area contributed by atoms with E-state index in [4.69, 9.17) is 26.4 Å². The maximum absolute atomic E-state index is 13.6. The smallest absolute Gasteiger partial charge is 0.348 e. The lowest BCUT2D eigenvalue weighted by molar-refractivity contribution is -0.118. The number of nitrogens with one attached hydrogen (secondary N) is 1. The van der Waals surface area contributed by atoms with Crippen LogP contribution in [0.2, 0.25) is 0 Å². The van der Waals surface area contributed by atoms with Gasteiger partial charge in [0.15, 0.2) is 17.2 Å². The minimum absolute atomic E-state index is 0.0928.